The molecular weight excluding hydrogens is 178 g/mol. The molecule has 1 N–H and O–H groups in total. The van der Waals surface area contributed by atoms with E-state index in [0.29, 0.717) is 6.04 Å². The standard InChI is InChI=1S/C11H19NO2/c13-11(14)9-4-1-2-7-12(8-9)10-5-3-6-10/h9-10H,1-8H2,(H,13,14). The highest BCUT2D eigenvalue weighted by Gasteiger charge is 2.30. The monoisotopic (exact) mass is 197 g/mol. The van der Waals surface area contributed by atoms with Crippen LogP contribution in [0.2, 0.25) is 0 Å². The summed E-state index contributed by atoms with van der Waals surface area (Å²) in [6.45, 7) is 1.91. The van der Waals surface area contributed by atoms with Crippen LogP contribution in [-0.2, 0) is 4.79 Å². The third kappa shape index (κ3) is 2.08. The average Bonchev–Trinajstić information content (AvgIpc) is 2.26. The Bertz CT molecular complexity index is 213. The van der Waals surface area contributed by atoms with Crippen molar-refractivity contribution in [2.45, 2.75) is 44.6 Å². The molecule has 0 aromatic carbocycles. The van der Waals surface area contributed by atoms with Crippen LogP contribution in [0.15, 0.2) is 0 Å². The van der Waals surface area contributed by atoms with Gasteiger partial charge in [-0.1, -0.05) is 12.8 Å². The van der Waals surface area contributed by atoms with Gasteiger partial charge in [-0.2, -0.15) is 0 Å². The summed E-state index contributed by atoms with van der Waals surface area (Å²) in [7, 11) is 0. The Labute approximate surface area is 85.1 Å². The minimum atomic E-state index is -0.601. The quantitative estimate of drug-likeness (QED) is 0.733. The van der Waals surface area contributed by atoms with Crippen LogP contribution in [0.4, 0.5) is 0 Å². The van der Waals surface area contributed by atoms with E-state index in [1.807, 2.05) is 0 Å². The third-order valence-electron chi connectivity index (χ3n) is 3.64. The predicted molar refractivity (Wildman–Crippen MR) is 54.2 cm³/mol. The minimum absolute atomic E-state index is 0.113. The largest absolute Gasteiger partial charge is 0.481 e. The van der Waals surface area contributed by atoms with Gasteiger partial charge in [0.1, 0.15) is 0 Å². The minimum Gasteiger partial charge on any atom is -0.481 e. The van der Waals surface area contributed by atoms with Gasteiger partial charge in [-0.25, -0.2) is 0 Å². The van der Waals surface area contributed by atoms with Crippen LogP contribution in [0, 0.1) is 5.92 Å². The maximum absolute atomic E-state index is 11.0. The molecule has 2 fully saturated rings. The van der Waals surface area contributed by atoms with Crippen LogP contribution in [0.25, 0.3) is 0 Å². The molecular formula is C11H19NO2. The summed E-state index contributed by atoms with van der Waals surface area (Å²) in [5.41, 5.74) is 0. The lowest BCUT2D eigenvalue weighted by atomic mass is 9.91. The molecule has 1 saturated carbocycles. The van der Waals surface area contributed by atoms with Crippen molar-refractivity contribution in [1.29, 1.82) is 0 Å². The highest BCUT2D eigenvalue weighted by Crippen LogP contribution is 2.28. The van der Waals surface area contributed by atoms with E-state index < -0.39 is 5.97 Å². The molecule has 3 heteroatoms. The molecule has 80 valence electrons. The molecule has 3 nitrogen and oxygen atoms in total. The van der Waals surface area contributed by atoms with Gasteiger partial charge in [0.05, 0.1) is 5.92 Å². The fraction of sp³-hybridized carbons (Fsp3) is 0.909. The molecule has 14 heavy (non-hydrogen) atoms. The zero-order chi connectivity index (χ0) is 9.97. The van der Waals surface area contributed by atoms with E-state index in [4.69, 9.17) is 5.11 Å². The summed E-state index contributed by atoms with van der Waals surface area (Å²) in [5.74, 6) is -0.714. The molecule has 1 unspecified atom stereocenters. The highest BCUT2D eigenvalue weighted by atomic mass is 16.4. The zero-order valence-corrected chi connectivity index (χ0v) is 8.61. The van der Waals surface area contributed by atoms with E-state index in [-0.39, 0.29) is 5.92 Å². The Morgan fingerprint density at radius 3 is 2.50 bits per heavy atom. The Hall–Kier alpha value is -0.570. The number of aliphatic carboxylic acids is 1. The molecule has 0 radical (unpaired) electrons. The maximum atomic E-state index is 11.0. The second-order valence-electron chi connectivity index (χ2n) is 4.61. The Morgan fingerprint density at radius 1 is 1.14 bits per heavy atom. The SMILES string of the molecule is O=C(O)C1CCCCN(C2CCC2)C1. The number of carboxylic acid groups (broad SMARTS) is 1. The van der Waals surface area contributed by atoms with E-state index in [1.54, 1.807) is 0 Å². The molecule has 1 aliphatic carbocycles. The second kappa shape index (κ2) is 4.30. The number of hydrogen-bond donors (Lipinski definition) is 1. The van der Waals surface area contributed by atoms with E-state index in [9.17, 15) is 4.79 Å². The van der Waals surface area contributed by atoms with E-state index in [2.05, 4.69) is 4.90 Å². The van der Waals surface area contributed by atoms with Gasteiger partial charge in [0.2, 0.25) is 0 Å². The maximum Gasteiger partial charge on any atom is 0.307 e. The number of rotatable bonds is 2. The van der Waals surface area contributed by atoms with Gasteiger partial charge in [-0.15, -0.1) is 0 Å². The summed E-state index contributed by atoms with van der Waals surface area (Å²) in [6.07, 6.45) is 7.04. The Kier molecular flexibility index (Phi) is 3.06. The van der Waals surface area contributed by atoms with E-state index in [0.717, 1.165) is 25.9 Å². The molecule has 0 amide bonds. The number of nitrogens with zero attached hydrogens (tertiary/aromatic N) is 1. The molecule has 1 heterocycles. The topological polar surface area (TPSA) is 40.5 Å². The van der Waals surface area contributed by atoms with Crippen molar-refractivity contribution in [3.63, 3.8) is 0 Å². The van der Waals surface area contributed by atoms with Gasteiger partial charge in [0, 0.05) is 12.6 Å². The van der Waals surface area contributed by atoms with Crippen molar-refractivity contribution in [3.05, 3.63) is 0 Å². The van der Waals surface area contributed by atoms with Crippen LogP contribution in [0.3, 0.4) is 0 Å². The first-order valence-corrected chi connectivity index (χ1v) is 5.74. The summed E-state index contributed by atoms with van der Waals surface area (Å²) in [6, 6.07) is 0.704. The van der Waals surface area contributed by atoms with E-state index in [1.165, 1.54) is 25.7 Å². The highest BCUT2D eigenvalue weighted by molar-refractivity contribution is 5.70. The number of carbonyl (C=O) groups is 1. The summed E-state index contributed by atoms with van der Waals surface area (Å²) >= 11 is 0. The summed E-state index contributed by atoms with van der Waals surface area (Å²) in [5, 5.41) is 9.03. The molecule has 2 aliphatic rings. The smallest absolute Gasteiger partial charge is 0.307 e. The van der Waals surface area contributed by atoms with Gasteiger partial charge in [0.15, 0.2) is 0 Å². The first-order chi connectivity index (χ1) is 6.77. The molecule has 2 rings (SSSR count). The molecule has 0 aromatic heterocycles. The van der Waals surface area contributed by atoms with Gasteiger partial charge in [0.25, 0.3) is 0 Å². The van der Waals surface area contributed by atoms with Crippen molar-refractivity contribution in [2.24, 2.45) is 5.92 Å². The molecule has 1 aliphatic heterocycles. The van der Waals surface area contributed by atoms with Crippen molar-refractivity contribution < 1.29 is 9.90 Å². The lowest BCUT2D eigenvalue weighted by molar-refractivity contribution is -0.142. The Balaban J connectivity index is 1.92. The zero-order valence-electron chi connectivity index (χ0n) is 8.61. The van der Waals surface area contributed by atoms with Crippen LogP contribution in [-0.4, -0.2) is 35.1 Å². The third-order valence-corrected chi connectivity index (χ3v) is 3.64. The lowest BCUT2D eigenvalue weighted by Gasteiger charge is -2.37. The van der Waals surface area contributed by atoms with Crippen LogP contribution in [0.1, 0.15) is 38.5 Å². The number of hydrogen-bond acceptors (Lipinski definition) is 2. The number of carboxylic acids is 1. The van der Waals surface area contributed by atoms with Gasteiger partial charge in [-0.3, -0.25) is 9.69 Å². The average molecular weight is 197 g/mol. The van der Waals surface area contributed by atoms with Crippen LogP contribution < -0.4 is 0 Å². The van der Waals surface area contributed by atoms with Crippen molar-refractivity contribution in [1.82, 2.24) is 4.90 Å². The number of likely N-dealkylation sites (tertiary alicyclic amines) is 1. The second-order valence-corrected chi connectivity index (χ2v) is 4.61. The van der Waals surface area contributed by atoms with Crippen molar-refractivity contribution in [3.8, 4) is 0 Å². The van der Waals surface area contributed by atoms with Gasteiger partial charge < -0.3 is 5.11 Å². The molecule has 0 spiro atoms. The first-order valence-electron chi connectivity index (χ1n) is 5.74. The fourth-order valence-corrected chi connectivity index (χ4v) is 2.46. The van der Waals surface area contributed by atoms with Crippen LogP contribution >= 0.6 is 0 Å². The summed E-state index contributed by atoms with van der Waals surface area (Å²) < 4.78 is 0. The normalized spacial score (nSPS) is 30.7. The van der Waals surface area contributed by atoms with Crippen LogP contribution in [0.5, 0.6) is 0 Å². The molecule has 1 saturated heterocycles. The molecule has 0 aromatic rings. The fourth-order valence-electron chi connectivity index (χ4n) is 2.46. The summed E-state index contributed by atoms with van der Waals surface area (Å²) in [4.78, 5) is 13.4. The predicted octanol–water partition coefficient (Wildman–Crippen LogP) is 1.73. The molecule has 0 bridgehead atoms. The van der Waals surface area contributed by atoms with Crippen molar-refractivity contribution >= 4 is 5.97 Å². The van der Waals surface area contributed by atoms with E-state index >= 15 is 0 Å². The van der Waals surface area contributed by atoms with Gasteiger partial charge >= 0.3 is 5.97 Å². The van der Waals surface area contributed by atoms with Gasteiger partial charge in [-0.05, 0) is 32.2 Å². The van der Waals surface area contributed by atoms with Crippen molar-refractivity contribution in [2.75, 3.05) is 13.1 Å². The lowest BCUT2D eigenvalue weighted by Crippen LogP contribution is -2.43. The molecule has 1 atom stereocenters. The first kappa shape index (κ1) is 9.97. The Morgan fingerprint density at radius 2 is 1.93 bits per heavy atom.